The second kappa shape index (κ2) is 15.8. The van der Waals surface area contributed by atoms with E-state index >= 15 is 0 Å². The largest absolute Gasteiger partial charge is 0.493 e. The first-order valence-corrected chi connectivity index (χ1v) is 16.1. The number of esters is 4. The summed E-state index contributed by atoms with van der Waals surface area (Å²) < 4.78 is 34.4. The molecule has 0 bridgehead atoms. The van der Waals surface area contributed by atoms with Gasteiger partial charge in [0.25, 0.3) is 0 Å². The summed E-state index contributed by atoms with van der Waals surface area (Å²) in [5, 5.41) is 0.515. The van der Waals surface area contributed by atoms with E-state index in [2.05, 4.69) is 6.92 Å². The molecule has 1 saturated carbocycles. The Morgan fingerprint density at radius 2 is 1.43 bits per heavy atom. The maximum absolute atomic E-state index is 12.3. The Morgan fingerprint density at radius 1 is 0.826 bits per heavy atom. The number of rotatable bonds is 12. The smallest absolute Gasteiger partial charge is 0.303 e. The van der Waals surface area contributed by atoms with Gasteiger partial charge in [0.2, 0.25) is 0 Å². The third kappa shape index (κ3) is 9.22. The second-order valence-corrected chi connectivity index (χ2v) is 12.5. The average molecular weight is 659 g/mol. The fraction of sp³-hybridized carbons (Fsp3) is 0.543. The van der Waals surface area contributed by atoms with Crippen LogP contribution in [-0.4, -0.2) is 61.5 Å². The van der Waals surface area contributed by atoms with Gasteiger partial charge < -0.3 is 28.4 Å². The van der Waals surface area contributed by atoms with Gasteiger partial charge in [0, 0.05) is 38.1 Å². The minimum absolute atomic E-state index is 0.266. The van der Waals surface area contributed by atoms with E-state index in [1.54, 1.807) is 12.1 Å². The molecule has 46 heavy (non-hydrogen) atoms. The standard InChI is InChI=1S/C35H43ClO10/c1-6-35(15-7-8-16-35)20-42-28-12-9-25(10-13-28)17-27-18-26(11-14-29(27)36)31-33(44-23(4)39)34(45-24(5)40)32(43-22(3)38)30(46-31)19-41-21(2)37/h9-14,18,30-34H,6-8,15-17,19-20H2,1-5H3/t30-,31+,32-,33+,34+/m1/s1. The van der Waals surface area contributed by atoms with Gasteiger partial charge in [0.15, 0.2) is 18.3 Å². The number of halogens is 1. The molecule has 2 aromatic carbocycles. The van der Waals surface area contributed by atoms with Gasteiger partial charge in [-0.15, -0.1) is 0 Å². The van der Waals surface area contributed by atoms with Gasteiger partial charge in [-0.1, -0.05) is 55.6 Å². The molecule has 0 aromatic heterocycles. The lowest BCUT2D eigenvalue weighted by Crippen LogP contribution is -2.59. The maximum atomic E-state index is 12.3. The lowest BCUT2D eigenvalue weighted by Gasteiger charge is -2.44. The van der Waals surface area contributed by atoms with E-state index in [9.17, 15) is 19.2 Å². The molecule has 1 saturated heterocycles. The highest BCUT2D eigenvalue weighted by atomic mass is 35.5. The summed E-state index contributed by atoms with van der Waals surface area (Å²) in [6, 6.07) is 13.2. The Hall–Kier alpha value is -3.63. The number of hydrogen-bond donors (Lipinski definition) is 0. The topological polar surface area (TPSA) is 124 Å². The van der Waals surface area contributed by atoms with Crippen molar-refractivity contribution in [1.82, 2.24) is 0 Å². The number of carbonyl (C=O) groups excluding carboxylic acids is 4. The van der Waals surface area contributed by atoms with Crippen LogP contribution in [0.2, 0.25) is 5.02 Å². The van der Waals surface area contributed by atoms with Crippen LogP contribution in [-0.2, 0) is 49.3 Å². The zero-order chi connectivity index (χ0) is 33.4. The van der Waals surface area contributed by atoms with Gasteiger partial charge in [0.05, 0.1) is 6.61 Å². The van der Waals surface area contributed by atoms with Crippen LogP contribution < -0.4 is 4.74 Å². The summed E-state index contributed by atoms with van der Waals surface area (Å²) in [7, 11) is 0. The van der Waals surface area contributed by atoms with Crippen molar-refractivity contribution in [3.8, 4) is 5.75 Å². The van der Waals surface area contributed by atoms with E-state index in [0.717, 1.165) is 23.3 Å². The Balaban J connectivity index is 1.60. The van der Waals surface area contributed by atoms with Crippen molar-refractivity contribution < 1.29 is 47.6 Å². The molecule has 2 aromatic rings. The van der Waals surface area contributed by atoms with E-state index in [1.807, 2.05) is 30.3 Å². The van der Waals surface area contributed by atoms with Crippen molar-refractivity contribution in [3.05, 3.63) is 64.2 Å². The third-order valence-corrected chi connectivity index (χ3v) is 9.04. The first-order valence-electron chi connectivity index (χ1n) is 15.7. The van der Waals surface area contributed by atoms with Crippen LogP contribution in [0.1, 0.15) is 89.5 Å². The predicted molar refractivity (Wildman–Crippen MR) is 168 cm³/mol. The lowest BCUT2D eigenvalue weighted by atomic mass is 9.84. The molecule has 11 heteroatoms. The molecule has 1 aliphatic carbocycles. The van der Waals surface area contributed by atoms with Gasteiger partial charge in [-0.2, -0.15) is 0 Å². The molecule has 5 atom stereocenters. The summed E-state index contributed by atoms with van der Waals surface area (Å²) in [4.78, 5) is 48.2. The zero-order valence-electron chi connectivity index (χ0n) is 27.0. The number of benzene rings is 2. The van der Waals surface area contributed by atoms with Crippen LogP contribution >= 0.6 is 11.6 Å². The SMILES string of the molecule is CCC1(COc2ccc(Cc3cc([C@@H]4O[C@H](COC(C)=O)[C@@H](OC(C)=O)[C@H](OC(C)=O)[C@H]4OC(C)=O)ccc3Cl)cc2)CCCC1. The Kier molecular flexibility index (Phi) is 12.1. The molecule has 2 aliphatic rings. The van der Waals surface area contributed by atoms with E-state index in [0.29, 0.717) is 23.6 Å². The molecule has 250 valence electrons. The molecule has 4 rings (SSSR count). The molecule has 0 radical (unpaired) electrons. The van der Waals surface area contributed by atoms with E-state index < -0.39 is 54.4 Å². The fourth-order valence-corrected chi connectivity index (χ4v) is 6.47. The van der Waals surface area contributed by atoms with Gasteiger partial charge in [-0.3, -0.25) is 19.2 Å². The average Bonchev–Trinajstić information content (AvgIpc) is 3.48. The Bertz CT molecular complexity index is 1380. The summed E-state index contributed by atoms with van der Waals surface area (Å²) in [6.45, 7) is 7.46. The van der Waals surface area contributed by atoms with Crippen molar-refractivity contribution in [2.75, 3.05) is 13.2 Å². The molecule has 1 aliphatic heterocycles. The predicted octanol–water partition coefficient (Wildman–Crippen LogP) is 6.08. The quantitative estimate of drug-likeness (QED) is 0.196. The second-order valence-electron chi connectivity index (χ2n) is 12.1. The van der Waals surface area contributed by atoms with Crippen LogP contribution in [0.4, 0.5) is 0 Å². The number of ether oxygens (including phenoxy) is 6. The minimum atomic E-state index is -1.26. The summed E-state index contributed by atoms with van der Waals surface area (Å²) in [6.07, 6.45) is 0.799. The van der Waals surface area contributed by atoms with E-state index in [4.69, 9.17) is 40.0 Å². The van der Waals surface area contributed by atoms with Crippen molar-refractivity contribution >= 4 is 35.5 Å². The van der Waals surface area contributed by atoms with E-state index in [-0.39, 0.29) is 12.0 Å². The van der Waals surface area contributed by atoms with Crippen LogP contribution in [0.25, 0.3) is 0 Å². The number of carbonyl (C=O) groups is 4. The molecule has 0 amide bonds. The van der Waals surface area contributed by atoms with Gasteiger partial charge in [0.1, 0.15) is 24.6 Å². The summed E-state index contributed by atoms with van der Waals surface area (Å²) in [5.74, 6) is -1.80. The van der Waals surface area contributed by atoms with Crippen LogP contribution in [0.15, 0.2) is 42.5 Å². The molecule has 0 spiro atoms. The molecule has 10 nitrogen and oxygen atoms in total. The van der Waals surface area contributed by atoms with E-state index in [1.165, 1.54) is 53.4 Å². The Morgan fingerprint density at radius 3 is 2.02 bits per heavy atom. The summed E-state index contributed by atoms with van der Waals surface area (Å²) in [5.41, 5.74) is 2.61. The molecule has 1 heterocycles. The number of hydrogen-bond acceptors (Lipinski definition) is 10. The zero-order valence-corrected chi connectivity index (χ0v) is 27.8. The third-order valence-electron chi connectivity index (χ3n) is 8.67. The molecular formula is C35H43ClO10. The molecular weight excluding hydrogens is 616 g/mol. The van der Waals surface area contributed by atoms with Crippen LogP contribution in [0, 0.1) is 5.41 Å². The first-order chi connectivity index (χ1) is 21.9. The fourth-order valence-electron chi connectivity index (χ4n) is 6.29. The van der Waals surface area contributed by atoms with Gasteiger partial charge in [-0.05, 0) is 60.6 Å². The lowest BCUT2D eigenvalue weighted by molar-refractivity contribution is -0.254. The van der Waals surface area contributed by atoms with Crippen molar-refractivity contribution in [1.29, 1.82) is 0 Å². The molecule has 0 unspecified atom stereocenters. The summed E-state index contributed by atoms with van der Waals surface area (Å²) >= 11 is 6.65. The van der Waals surface area contributed by atoms with Crippen LogP contribution in [0.5, 0.6) is 5.75 Å². The van der Waals surface area contributed by atoms with Crippen molar-refractivity contribution in [2.24, 2.45) is 5.41 Å². The Labute approximate surface area is 275 Å². The highest BCUT2D eigenvalue weighted by Crippen LogP contribution is 2.42. The monoisotopic (exact) mass is 658 g/mol. The molecule has 0 N–H and O–H groups in total. The normalized spacial score (nSPS) is 23.7. The highest BCUT2D eigenvalue weighted by molar-refractivity contribution is 6.31. The first kappa shape index (κ1) is 35.2. The highest BCUT2D eigenvalue weighted by Gasteiger charge is 2.52. The van der Waals surface area contributed by atoms with Gasteiger partial charge >= 0.3 is 23.9 Å². The minimum Gasteiger partial charge on any atom is -0.493 e. The van der Waals surface area contributed by atoms with Crippen molar-refractivity contribution in [2.45, 2.75) is 104 Å². The van der Waals surface area contributed by atoms with Crippen molar-refractivity contribution in [3.63, 3.8) is 0 Å². The maximum Gasteiger partial charge on any atom is 0.303 e. The molecule has 2 fully saturated rings. The van der Waals surface area contributed by atoms with Gasteiger partial charge in [-0.25, -0.2) is 0 Å². The van der Waals surface area contributed by atoms with Crippen LogP contribution in [0.3, 0.4) is 0 Å².